The van der Waals surface area contributed by atoms with E-state index in [1.165, 1.54) is 6.42 Å². The zero-order valence-corrected chi connectivity index (χ0v) is 11.2. The first kappa shape index (κ1) is 13.0. The zero-order valence-electron chi connectivity index (χ0n) is 11.2. The summed E-state index contributed by atoms with van der Waals surface area (Å²) in [6.07, 6.45) is 5.01. The molecule has 2 fully saturated rings. The first-order valence-corrected chi connectivity index (χ1v) is 6.92. The maximum Gasteiger partial charge on any atom is 0.318 e. The summed E-state index contributed by atoms with van der Waals surface area (Å²) in [5, 5.41) is 11.2. The Morgan fingerprint density at radius 2 is 2.30 bits per heavy atom. The van der Waals surface area contributed by atoms with Crippen molar-refractivity contribution in [2.45, 2.75) is 31.7 Å². The molecule has 1 saturated carbocycles. The predicted molar refractivity (Wildman–Crippen MR) is 70.1 cm³/mol. The number of urea groups is 1. The second-order valence-electron chi connectivity index (χ2n) is 5.64. The number of aliphatic carboxylic acids is 1. The smallest absolute Gasteiger partial charge is 0.318 e. The number of rotatable bonds is 4. The minimum Gasteiger partial charge on any atom is -0.481 e. The molecule has 2 amide bonds. The molecule has 1 saturated heterocycles. The topological polar surface area (TPSA) is 82.8 Å². The second-order valence-corrected chi connectivity index (χ2v) is 5.64. The number of nitrogens with one attached hydrogen (secondary N) is 1. The van der Waals surface area contributed by atoms with E-state index in [9.17, 15) is 9.59 Å². The van der Waals surface area contributed by atoms with Crippen LogP contribution in [0.25, 0.3) is 0 Å². The fourth-order valence-corrected chi connectivity index (χ4v) is 3.27. The maximum atomic E-state index is 12.1. The highest BCUT2D eigenvalue weighted by molar-refractivity contribution is 5.77. The first-order chi connectivity index (χ1) is 9.62. The zero-order chi connectivity index (χ0) is 14.2. The minimum atomic E-state index is -0.910. The monoisotopic (exact) mass is 278 g/mol. The number of carbonyl (C=O) groups excluding carboxylic acids is 1. The summed E-state index contributed by atoms with van der Waals surface area (Å²) in [4.78, 5) is 24.3. The van der Waals surface area contributed by atoms with Crippen molar-refractivity contribution >= 4 is 12.0 Å². The molecule has 1 aromatic heterocycles. The SMILES string of the molecule is O=C(O)CCNC(=O)N1CC2(CCC2)C1c1ccco1. The first-order valence-electron chi connectivity index (χ1n) is 6.92. The molecule has 0 aromatic carbocycles. The molecule has 2 heterocycles. The Morgan fingerprint density at radius 3 is 2.85 bits per heavy atom. The molecule has 1 atom stereocenters. The summed E-state index contributed by atoms with van der Waals surface area (Å²) in [6, 6.07) is 3.53. The van der Waals surface area contributed by atoms with E-state index in [4.69, 9.17) is 9.52 Å². The molecule has 1 aliphatic heterocycles. The number of hydrogen-bond acceptors (Lipinski definition) is 3. The number of likely N-dealkylation sites (tertiary alicyclic amines) is 1. The van der Waals surface area contributed by atoms with Gasteiger partial charge in [0.2, 0.25) is 0 Å². The van der Waals surface area contributed by atoms with E-state index >= 15 is 0 Å². The van der Waals surface area contributed by atoms with Gasteiger partial charge >= 0.3 is 12.0 Å². The van der Waals surface area contributed by atoms with Crippen molar-refractivity contribution in [2.24, 2.45) is 5.41 Å². The Labute approximate surface area is 116 Å². The van der Waals surface area contributed by atoms with Crippen LogP contribution in [-0.4, -0.2) is 35.1 Å². The molecule has 2 N–H and O–H groups in total. The molecule has 0 radical (unpaired) electrons. The lowest BCUT2D eigenvalue weighted by Gasteiger charge is -2.61. The molecule has 108 valence electrons. The average molecular weight is 278 g/mol. The van der Waals surface area contributed by atoms with Crippen molar-refractivity contribution in [3.63, 3.8) is 0 Å². The summed E-state index contributed by atoms with van der Waals surface area (Å²) < 4.78 is 5.48. The van der Waals surface area contributed by atoms with Crippen LogP contribution in [0, 0.1) is 5.41 Å². The van der Waals surface area contributed by atoms with Crippen LogP contribution >= 0.6 is 0 Å². The van der Waals surface area contributed by atoms with E-state index in [0.717, 1.165) is 25.1 Å². The quantitative estimate of drug-likeness (QED) is 0.882. The van der Waals surface area contributed by atoms with Crippen LogP contribution in [0.4, 0.5) is 4.79 Å². The fourth-order valence-electron chi connectivity index (χ4n) is 3.27. The normalized spacial score (nSPS) is 23.0. The Bertz CT molecular complexity index is 507. The number of furan rings is 1. The number of hydrogen-bond donors (Lipinski definition) is 2. The second kappa shape index (κ2) is 4.85. The van der Waals surface area contributed by atoms with E-state index in [1.54, 1.807) is 11.2 Å². The Kier molecular flexibility index (Phi) is 3.16. The van der Waals surface area contributed by atoms with Crippen LogP contribution < -0.4 is 5.32 Å². The van der Waals surface area contributed by atoms with Gasteiger partial charge in [-0.25, -0.2) is 4.79 Å². The molecule has 6 nitrogen and oxygen atoms in total. The molecule has 6 heteroatoms. The van der Waals surface area contributed by atoms with Crippen molar-refractivity contribution in [1.82, 2.24) is 10.2 Å². The standard InChI is InChI=1S/C14H18N2O4/c17-11(18)4-7-15-13(19)16-9-14(5-2-6-14)12(16)10-3-1-8-20-10/h1,3,8,12H,2,4-7,9H2,(H,15,19)(H,17,18). The molecule has 3 rings (SSSR count). The lowest BCUT2D eigenvalue weighted by Crippen LogP contribution is -2.65. The van der Waals surface area contributed by atoms with Gasteiger partial charge in [-0.2, -0.15) is 0 Å². The van der Waals surface area contributed by atoms with E-state index in [2.05, 4.69) is 5.32 Å². The molecular weight excluding hydrogens is 260 g/mol. The Hall–Kier alpha value is -1.98. The van der Waals surface area contributed by atoms with Crippen molar-refractivity contribution in [2.75, 3.05) is 13.1 Å². The predicted octanol–water partition coefficient (Wildman–Crippen LogP) is 1.99. The number of carbonyl (C=O) groups is 2. The van der Waals surface area contributed by atoms with Crippen molar-refractivity contribution in [1.29, 1.82) is 0 Å². The molecule has 1 spiro atoms. The van der Waals surface area contributed by atoms with E-state index < -0.39 is 5.97 Å². The molecule has 1 aliphatic carbocycles. The number of carboxylic acid groups (broad SMARTS) is 1. The third-order valence-electron chi connectivity index (χ3n) is 4.41. The van der Waals surface area contributed by atoms with Gasteiger partial charge in [0.05, 0.1) is 18.7 Å². The van der Waals surface area contributed by atoms with Gasteiger partial charge in [-0.15, -0.1) is 0 Å². The Morgan fingerprint density at radius 1 is 1.50 bits per heavy atom. The third kappa shape index (κ3) is 2.05. The highest BCUT2D eigenvalue weighted by atomic mass is 16.4. The highest BCUT2D eigenvalue weighted by Crippen LogP contribution is 2.60. The summed E-state index contributed by atoms with van der Waals surface area (Å²) in [5.41, 5.74) is 0.183. The molecule has 20 heavy (non-hydrogen) atoms. The van der Waals surface area contributed by atoms with E-state index in [0.29, 0.717) is 0 Å². The van der Waals surface area contributed by atoms with Gasteiger partial charge in [-0.05, 0) is 25.0 Å². The molecule has 1 aromatic rings. The van der Waals surface area contributed by atoms with Crippen LogP contribution in [0.1, 0.15) is 37.5 Å². The summed E-state index contributed by atoms with van der Waals surface area (Å²) in [5.74, 6) is -0.0868. The third-order valence-corrected chi connectivity index (χ3v) is 4.41. The van der Waals surface area contributed by atoms with Gasteiger partial charge in [-0.3, -0.25) is 4.79 Å². The summed E-state index contributed by atoms with van der Waals surface area (Å²) in [6.45, 7) is 0.889. The van der Waals surface area contributed by atoms with Gasteiger partial charge in [0.25, 0.3) is 0 Å². The van der Waals surface area contributed by atoms with Crippen LogP contribution in [-0.2, 0) is 4.79 Å². The minimum absolute atomic E-state index is 0.00363. The highest BCUT2D eigenvalue weighted by Gasteiger charge is 2.59. The number of nitrogens with zero attached hydrogens (tertiary/aromatic N) is 1. The van der Waals surface area contributed by atoms with Crippen LogP contribution in [0.3, 0.4) is 0 Å². The van der Waals surface area contributed by atoms with Crippen LogP contribution in [0.15, 0.2) is 22.8 Å². The fraction of sp³-hybridized carbons (Fsp3) is 0.571. The van der Waals surface area contributed by atoms with Crippen molar-refractivity contribution in [3.8, 4) is 0 Å². The maximum absolute atomic E-state index is 12.1. The molecule has 0 bridgehead atoms. The van der Waals surface area contributed by atoms with Crippen LogP contribution in [0.5, 0.6) is 0 Å². The van der Waals surface area contributed by atoms with Crippen molar-refractivity contribution in [3.05, 3.63) is 24.2 Å². The molecule has 2 aliphatic rings. The van der Waals surface area contributed by atoms with Gasteiger partial charge < -0.3 is 19.7 Å². The lowest BCUT2D eigenvalue weighted by molar-refractivity contribution is -0.136. The number of carboxylic acids is 1. The molecule has 1 unspecified atom stereocenters. The average Bonchev–Trinajstić information content (AvgIpc) is 2.78. The molecular formula is C14H18N2O4. The largest absolute Gasteiger partial charge is 0.481 e. The van der Waals surface area contributed by atoms with Gasteiger partial charge in [0, 0.05) is 18.5 Å². The summed E-state index contributed by atoms with van der Waals surface area (Å²) >= 11 is 0. The van der Waals surface area contributed by atoms with E-state index in [1.807, 2.05) is 12.1 Å². The Balaban J connectivity index is 1.64. The number of amides is 2. The van der Waals surface area contributed by atoms with Gasteiger partial charge in [-0.1, -0.05) is 6.42 Å². The lowest BCUT2D eigenvalue weighted by atomic mass is 9.57. The van der Waals surface area contributed by atoms with Crippen LogP contribution in [0.2, 0.25) is 0 Å². The van der Waals surface area contributed by atoms with Crippen molar-refractivity contribution < 1.29 is 19.1 Å². The van der Waals surface area contributed by atoms with E-state index in [-0.39, 0.29) is 30.5 Å². The van der Waals surface area contributed by atoms with Gasteiger partial charge in [0.1, 0.15) is 5.76 Å². The van der Waals surface area contributed by atoms with Gasteiger partial charge in [0.15, 0.2) is 0 Å². The summed E-state index contributed by atoms with van der Waals surface area (Å²) in [7, 11) is 0.